The van der Waals surface area contributed by atoms with E-state index in [9.17, 15) is 4.21 Å². The van der Waals surface area contributed by atoms with Gasteiger partial charge in [-0.25, -0.2) is 0 Å². The van der Waals surface area contributed by atoms with Gasteiger partial charge < -0.3 is 10.1 Å². The lowest BCUT2D eigenvalue weighted by molar-refractivity contribution is 0.127. The molecule has 0 aromatic heterocycles. The van der Waals surface area contributed by atoms with E-state index in [1.165, 1.54) is 0 Å². The summed E-state index contributed by atoms with van der Waals surface area (Å²) in [5, 5.41) is 3.61. The first-order valence-electron chi connectivity index (χ1n) is 5.87. The molecule has 4 heteroatoms. The molecule has 0 spiro atoms. The van der Waals surface area contributed by atoms with Crippen molar-refractivity contribution >= 4 is 10.8 Å². The fourth-order valence-corrected chi connectivity index (χ4v) is 3.60. The summed E-state index contributed by atoms with van der Waals surface area (Å²) < 4.78 is 17.5. The van der Waals surface area contributed by atoms with Crippen molar-refractivity contribution in [2.75, 3.05) is 18.9 Å². The number of ether oxygens (including phenoxy) is 1. The van der Waals surface area contributed by atoms with Gasteiger partial charge in [-0.05, 0) is 33.2 Å². The Balaban J connectivity index is 2.28. The fourth-order valence-electron chi connectivity index (χ4n) is 1.88. The highest BCUT2D eigenvalue weighted by Gasteiger charge is 2.29. The Bertz CT molecular complexity index is 211. The van der Waals surface area contributed by atoms with Crippen LogP contribution >= 0.6 is 0 Å². The van der Waals surface area contributed by atoms with Gasteiger partial charge in [0.05, 0.1) is 11.4 Å². The lowest BCUT2D eigenvalue weighted by Gasteiger charge is -2.17. The third-order valence-electron chi connectivity index (χ3n) is 2.80. The Morgan fingerprint density at radius 3 is 2.87 bits per heavy atom. The van der Waals surface area contributed by atoms with Crippen LogP contribution in [0.5, 0.6) is 0 Å². The molecule has 1 heterocycles. The molecule has 0 amide bonds. The van der Waals surface area contributed by atoms with Crippen LogP contribution in [-0.4, -0.2) is 40.5 Å². The number of nitrogens with one attached hydrogen (secondary N) is 1. The minimum absolute atomic E-state index is 0.171. The van der Waals surface area contributed by atoms with E-state index in [1.54, 1.807) is 0 Å². The van der Waals surface area contributed by atoms with E-state index in [4.69, 9.17) is 4.74 Å². The van der Waals surface area contributed by atoms with Gasteiger partial charge in [0.15, 0.2) is 0 Å². The Morgan fingerprint density at radius 2 is 2.33 bits per heavy atom. The van der Waals surface area contributed by atoms with Crippen LogP contribution in [0.1, 0.15) is 33.6 Å². The van der Waals surface area contributed by atoms with Crippen LogP contribution in [0.15, 0.2) is 0 Å². The van der Waals surface area contributed by atoms with Gasteiger partial charge in [-0.2, -0.15) is 0 Å². The second kappa shape index (κ2) is 6.61. The topological polar surface area (TPSA) is 38.3 Å². The first kappa shape index (κ1) is 13.1. The molecule has 4 unspecified atom stereocenters. The maximum Gasteiger partial charge on any atom is 0.0691 e. The van der Waals surface area contributed by atoms with E-state index >= 15 is 0 Å². The highest BCUT2D eigenvalue weighted by atomic mass is 32.2. The monoisotopic (exact) mass is 233 g/mol. The van der Waals surface area contributed by atoms with Crippen LogP contribution in [-0.2, 0) is 15.5 Å². The summed E-state index contributed by atoms with van der Waals surface area (Å²) in [6.07, 6.45) is 2.25. The molecular weight excluding hydrogens is 210 g/mol. The van der Waals surface area contributed by atoms with Gasteiger partial charge in [0.2, 0.25) is 0 Å². The quantitative estimate of drug-likeness (QED) is 0.751. The molecule has 1 saturated heterocycles. The van der Waals surface area contributed by atoms with E-state index in [2.05, 4.69) is 19.2 Å². The summed E-state index contributed by atoms with van der Waals surface area (Å²) in [5.41, 5.74) is 0. The summed E-state index contributed by atoms with van der Waals surface area (Å²) in [5.74, 6) is 0.748. The molecule has 4 atom stereocenters. The van der Waals surface area contributed by atoms with E-state index in [0.717, 1.165) is 31.7 Å². The zero-order valence-electron chi connectivity index (χ0n) is 9.99. The zero-order valence-corrected chi connectivity index (χ0v) is 10.8. The van der Waals surface area contributed by atoms with Crippen LogP contribution in [0.4, 0.5) is 0 Å². The van der Waals surface area contributed by atoms with Gasteiger partial charge in [0.1, 0.15) is 0 Å². The standard InChI is InChI=1S/C11H23NO2S/c1-4-6-12-9(2)8-15(13)11-5-7-14-10(11)3/h9-12H,4-8H2,1-3H3. The minimum Gasteiger partial charge on any atom is -0.377 e. The van der Waals surface area contributed by atoms with Crippen LogP contribution in [0.2, 0.25) is 0 Å². The van der Waals surface area contributed by atoms with Gasteiger partial charge in [-0.1, -0.05) is 6.92 Å². The van der Waals surface area contributed by atoms with Crippen molar-refractivity contribution in [3.63, 3.8) is 0 Å². The van der Waals surface area contributed by atoms with Crippen LogP contribution in [0.3, 0.4) is 0 Å². The van der Waals surface area contributed by atoms with Crippen molar-refractivity contribution in [2.45, 2.75) is 51.0 Å². The van der Waals surface area contributed by atoms with Crippen molar-refractivity contribution in [1.29, 1.82) is 0 Å². The van der Waals surface area contributed by atoms with Crippen molar-refractivity contribution < 1.29 is 8.95 Å². The molecule has 90 valence electrons. The molecule has 0 saturated carbocycles. The SMILES string of the molecule is CCCNC(C)CS(=O)C1CCOC1C. The van der Waals surface area contributed by atoms with Gasteiger partial charge in [0.25, 0.3) is 0 Å². The number of rotatable bonds is 6. The van der Waals surface area contributed by atoms with Crippen LogP contribution < -0.4 is 5.32 Å². The molecule has 15 heavy (non-hydrogen) atoms. The first-order chi connectivity index (χ1) is 7.15. The highest BCUT2D eigenvalue weighted by Crippen LogP contribution is 2.19. The van der Waals surface area contributed by atoms with Gasteiger partial charge in [-0.15, -0.1) is 0 Å². The Hall–Kier alpha value is 0.0700. The second-order valence-corrected chi connectivity index (χ2v) is 6.01. The summed E-state index contributed by atoms with van der Waals surface area (Å²) in [4.78, 5) is 0. The lowest BCUT2D eigenvalue weighted by atomic mass is 10.3. The summed E-state index contributed by atoms with van der Waals surface area (Å²) in [6, 6.07) is 0.346. The molecule has 1 N–H and O–H groups in total. The van der Waals surface area contributed by atoms with Gasteiger partial charge in [-0.3, -0.25) is 4.21 Å². The van der Waals surface area contributed by atoms with E-state index < -0.39 is 10.8 Å². The molecule has 0 radical (unpaired) electrons. The average Bonchev–Trinajstić information content (AvgIpc) is 2.61. The Kier molecular flexibility index (Phi) is 5.79. The predicted molar refractivity (Wildman–Crippen MR) is 64.6 cm³/mol. The number of hydrogen-bond acceptors (Lipinski definition) is 3. The molecule has 1 fully saturated rings. The Morgan fingerprint density at radius 1 is 1.60 bits per heavy atom. The molecule has 0 aliphatic carbocycles. The molecule has 1 rings (SSSR count). The summed E-state index contributed by atoms with van der Waals surface area (Å²) in [6.45, 7) is 8.06. The largest absolute Gasteiger partial charge is 0.377 e. The molecule has 1 aliphatic heterocycles. The smallest absolute Gasteiger partial charge is 0.0691 e. The fraction of sp³-hybridized carbons (Fsp3) is 1.00. The number of hydrogen-bond donors (Lipinski definition) is 1. The summed E-state index contributed by atoms with van der Waals surface area (Å²) in [7, 11) is -0.747. The van der Waals surface area contributed by atoms with Gasteiger partial charge in [0, 0.05) is 29.2 Å². The lowest BCUT2D eigenvalue weighted by Crippen LogP contribution is -2.36. The molecule has 0 bridgehead atoms. The maximum atomic E-state index is 12.0. The summed E-state index contributed by atoms with van der Waals surface area (Å²) >= 11 is 0. The third kappa shape index (κ3) is 4.21. The molecule has 0 aromatic rings. The predicted octanol–water partition coefficient (Wildman–Crippen LogP) is 1.30. The van der Waals surface area contributed by atoms with Gasteiger partial charge >= 0.3 is 0 Å². The third-order valence-corrected chi connectivity index (χ3v) is 4.92. The van der Waals surface area contributed by atoms with Crippen molar-refractivity contribution in [2.24, 2.45) is 0 Å². The normalized spacial score (nSPS) is 30.3. The molecule has 0 aromatic carbocycles. The molecule has 3 nitrogen and oxygen atoms in total. The zero-order chi connectivity index (χ0) is 11.3. The van der Waals surface area contributed by atoms with Crippen LogP contribution in [0.25, 0.3) is 0 Å². The van der Waals surface area contributed by atoms with E-state index in [1.807, 2.05) is 6.92 Å². The van der Waals surface area contributed by atoms with Crippen molar-refractivity contribution in [3.05, 3.63) is 0 Å². The average molecular weight is 233 g/mol. The van der Waals surface area contributed by atoms with E-state index in [0.29, 0.717) is 6.04 Å². The van der Waals surface area contributed by atoms with Crippen molar-refractivity contribution in [1.82, 2.24) is 5.32 Å². The van der Waals surface area contributed by atoms with Crippen molar-refractivity contribution in [3.8, 4) is 0 Å². The second-order valence-electron chi connectivity index (χ2n) is 4.31. The maximum absolute atomic E-state index is 12.0. The Labute approximate surface area is 95.4 Å². The van der Waals surface area contributed by atoms with E-state index in [-0.39, 0.29) is 11.4 Å². The van der Waals surface area contributed by atoms with Crippen LogP contribution in [0, 0.1) is 0 Å². The first-order valence-corrected chi connectivity index (χ1v) is 7.25. The molecule has 1 aliphatic rings. The highest BCUT2D eigenvalue weighted by molar-refractivity contribution is 7.85. The molecular formula is C11H23NO2S. The minimum atomic E-state index is -0.747.